The smallest absolute Gasteiger partial charge is 0.406 e. The van der Waals surface area contributed by atoms with Crippen LogP contribution in [0.2, 0.25) is 0 Å². The number of carbonyl (C=O) groups excluding carboxylic acids is 2. The van der Waals surface area contributed by atoms with Crippen molar-refractivity contribution in [1.82, 2.24) is 20.6 Å². The van der Waals surface area contributed by atoms with E-state index in [9.17, 15) is 9.59 Å². The number of aromatic amines is 1. The van der Waals surface area contributed by atoms with Crippen molar-refractivity contribution in [1.29, 1.82) is 0 Å². The Bertz CT molecular complexity index is 593. The van der Waals surface area contributed by atoms with Crippen LogP contribution in [0.15, 0.2) is 24.5 Å². The highest BCUT2D eigenvalue weighted by atomic mass is 16.5. The van der Waals surface area contributed by atoms with Crippen molar-refractivity contribution in [3.8, 4) is 0 Å². The van der Waals surface area contributed by atoms with E-state index in [1.807, 2.05) is 0 Å². The normalized spacial score (nSPS) is 10.2. The Balaban J connectivity index is 1.87. The van der Waals surface area contributed by atoms with Gasteiger partial charge in [-0.15, -0.1) is 0 Å². The largest absolute Gasteiger partial charge is 0.453 e. The van der Waals surface area contributed by atoms with Crippen LogP contribution in [0, 0.1) is 0 Å². The number of rotatable bonds is 4. The number of alkyl carbamates (subject to hydrolysis) is 1. The molecular weight excluding hydrogens is 248 g/mol. The SMILES string of the molecule is COC(=O)NCCNC(=O)c1ccc2nc[nH]c2c1. The lowest BCUT2D eigenvalue weighted by atomic mass is 10.2. The van der Waals surface area contributed by atoms with Crippen LogP contribution in [0.25, 0.3) is 11.0 Å². The average molecular weight is 262 g/mol. The Morgan fingerprint density at radius 3 is 2.89 bits per heavy atom. The second kappa shape index (κ2) is 5.85. The van der Waals surface area contributed by atoms with Gasteiger partial charge in [-0.25, -0.2) is 9.78 Å². The molecule has 1 aromatic carbocycles. The third-order valence-electron chi connectivity index (χ3n) is 2.55. The van der Waals surface area contributed by atoms with E-state index in [4.69, 9.17) is 0 Å². The molecule has 0 radical (unpaired) electrons. The van der Waals surface area contributed by atoms with Gasteiger partial charge in [0.1, 0.15) is 0 Å². The van der Waals surface area contributed by atoms with E-state index in [2.05, 4.69) is 25.3 Å². The van der Waals surface area contributed by atoms with E-state index in [1.165, 1.54) is 7.11 Å². The van der Waals surface area contributed by atoms with E-state index in [0.717, 1.165) is 11.0 Å². The minimum atomic E-state index is -0.520. The first-order chi connectivity index (χ1) is 9.20. The molecule has 7 nitrogen and oxygen atoms in total. The van der Waals surface area contributed by atoms with Crippen LogP contribution in [0.1, 0.15) is 10.4 Å². The van der Waals surface area contributed by atoms with Crippen molar-refractivity contribution in [2.75, 3.05) is 20.2 Å². The predicted molar refractivity (Wildman–Crippen MR) is 68.8 cm³/mol. The summed E-state index contributed by atoms with van der Waals surface area (Å²) in [4.78, 5) is 29.6. The molecule has 100 valence electrons. The van der Waals surface area contributed by atoms with Gasteiger partial charge in [0, 0.05) is 18.7 Å². The van der Waals surface area contributed by atoms with Gasteiger partial charge < -0.3 is 20.4 Å². The number of amides is 2. The van der Waals surface area contributed by atoms with E-state index < -0.39 is 6.09 Å². The topological polar surface area (TPSA) is 96.1 Å². The lowest BCUT2D eigenvalue weighted by molar-refractivity contribution is 0.0953. The quantitative estimate of drug-likeness (QED) is 0.705. The molecule has 0 saturated carbocycles. The minimum absolute atomic E-state index is 0.205. The van der Waals surface area contributed by atoms with E-state index in [-0.39, 0.29) is 5.91 Å². The van der Waals surface area contributed by atoms with Crippen LogP contribution in [0.4, 0.5) is 4.79 Å². The van der Waals surface area contributed by atoms with Gasteiger partial charge in [0.05, 0.1) is 24.5 Å². The molecule has 2 aromatic rings. The van der Waals surface area contributed by atoms with E-state index in [1.54, 1.807) is 24.5 Å². The molecule has 1 heterocycles. The number of imidazole rings is 1. The Kier molecular flexibility index (Phi) is 3.97. The number of nitrogens with zero attached hydrogens (tertiary/aromatic N) is 1. The number of ether oxygens (including phenoxy) is 1. The van der Waals surface area contributed by atoms with Crippen LogP contribution in [0.3, 0.4) is 0 Å². The van der Waals surface area contributed by atoms with Crippen molar-refractivity contribution in [3.63, 3.8) is 0 Å². The van der Waals surface area contributed by atoms with Gasteiger partial charge in [0.25, 0.3) is 5.91 Å². The summed E-state index contributed by atoms with van der Waals surface area (Å²) in [6, 6.07) is 5.20. The fourth-order valence-electron chi connectivity index (χ4n) is 1.59. The first-order valence-corrected chi connectivity index (χ1v) is 5.74. The fraction of sp³-hybridized carbons (Fsp3) is 0.250. The second-order valence-electron chi connectivity index (χ2n) is 3.81. The molecule has 19 heavy (non-hydrogen) atoms. The first kappa shape index (κ1) is 12.9. The number of aromatic nitrogens is 2. The molecule has 3 N–H and O–H groups in total. The van der Waals surface area contributed by atoms with Crippen LogP contribution < -0.4 is 10.6 Å². The number of fused-ring (bicyclic) bond motifs is 1. The molecule has 0 spiro atoms. The number of hydrogen-bond donors (Lipinski definition) is 3. The zero-order valence-electron chi connectivity index (χ0n) is 10.4. The highest BCUT2D eigenvalue weighted by molar-refractivity contribution is 5.97. The summed E-state index contributed by atoms with van der Waals surface area (Å²) >= 11 is 0. The second-order valence-corrected chi connectivity index (χ2v) is 3.81. The Labute approximate surface area is 109 Å². The van der Waals surface area contributed by atoms with Crippen molar-refractivity contribution >= 4 is 23.0 Å². The maximum absolute atomic E-state index is 11.8. The molecule has 2 rings (SSSR count). The molecule has 2 amide bonds. The molecule has 0 unspecified atom stereocenters. The number of hydrogen-bond acceptors (Lipinski definition) is 4. The Morgan fingerprint density at radius 1 is 1.32 bits per heavy atom. The van der Waals surface area contributed by atoms with Gasteiger partial charge in [0.15, 0.2) is 0 Å². The third-order valence-corrected chi connectivity index (χ3v) is 2.55. The summed E-state index contributed by atoms with van der Waals surface area (Å²) in [5, 5.41) is 5.16. The summed E-state index contributed by atoms with van der Waals surface area (Å²) in [5.74, 6) is -0.205. The van der Waals surface area contributed by atoms with Crippen molar-refractivity contribution in [2.45, 2.75) is 0 Å². The summed E-state index contributed by atoms with van der Waals surface area (Å²) in [5.41, 5.74) is 2.15. The predicted octanol–water partition coefficient (Wildman–Crippen LogP) is 0.649. The maximum atomic E-state index is 11.8. The highest BCUT2D eigenvalue weighted by Crippen LogP contribution is 2.11. The van der Waals surface area contributed by atoms with Gasteiger partial charge in [-0.1, -0.05) is 0 Å². The molecule has 0 aliphatic rings. The average Bonchev–Trinajstić information content (AvgIpc) is 2.90. The monoisotopic (exact) mass is 262 g/mol. The summed E-state index contributed by atoms with van der Waals surface area (Å²) in [6.07, 6.45) is 1.06. The zero-order chi connectivity index (χ0) is 13.7. The van der Waals surface area contributed by atoms with Crippen molar-refractivity contribution in [2.24, 2.45) is 0 Å². The minimum Gasteiger partial charge on any atom is -0.453 e. The number of benzene rings is 1. The summed E-state index contributed by atoms with van der Waals surface area (Å²) < 4.78 is 4.41. The first-order valence-electron chi connectivity index (χ1n) is 5.74. The van der Waals surface area contributed by atoms with Gasteiger partial charge in [-0.3, -0.25) is 4.79 Å². The maximum Gasteiger partial charge on any atom is 0.406 e. The lowest BCUT2D eigenvalue weighted by Crippen LogP contribution is -2.34. The standard InChI is InChI=1S/C12H14N4O3/c1-19-12(18)14-5-4-13-11(17)8-2-3-9-10(6-8)16-7-15-9/h2-3,6-7H,4-5H2,1H3,(H,13,17)(H,14,18)(H,15,16). The molecular formula is C12H14N4O3. The highest BCUT2D eigenvalue weighted by Gasteiger charge is 2.06. The Morgan fingerprint density at radius 2 is 2.11 bits per heavy atom. The van der Waals surface area contributed by atoms with Crippen molar-refractivity contribution < 1.29 is 14.3 Å². The molecule has 0 bridgehead atoms. The summed E-state index contributed by atoms with van der Waals surface area (Å²) in [7, 11) is 1.29. The fourth-order valence-corrected chi connectivity index (χ4v) is 1.59. The number of nitrogens with one attached hydrogen (secondary N) is 3. The third kappa shape index (κ3) is 3.21. The summed E-state index contributed by atoms with van der Waals surface area (Å²) in [6.45, 7) is 0.639. The van der Waals surface area contributed by atoms with Crippen molar-refractivity contribution in [3.05, 3.63) is 30.1 Å². The number of methoxy groups -OCH3 is 1. The van der Waals surface area contributed by atoms with Crippen LogP contribution in [0.5, 0.6) is 0 Å². The molecule has 0 fully saturated rings. The van der Waals surface area contributed by atoms with Gasteiger partial charge in [-0.05, 0) is 18.2 Å². The zero-order valence-corrected chi connectivity index (χ0v) is 10.4. The number of H-pyrrole nitrogens is 1. The van der Waals surface area contributed by atoms with Gasteiger partial charge in [-0.2, -0.15) is 0 Å². The van der Waals surface area contributed by atoms with Gasteiger partial charge in [0.2, 0.25) is 0 Å². The van der Waals surface area contributed by atoms with Gasteiger partial charge >= 0.3 is 6.09 Å². The van der Waals surface area contributed by atoms with E-state index in [0.29, 0.717) is 18.7 Å². The molecule has 0 aliphatic carbocycles. The van der Waals surface area contributed by atoms with Crippen LogP contribution >= 0.6 is 0 Å². The molecule has 1 aromatic heterocycles. The molecule has 0 saturated heterocycles. The molecule has 7 heteroatoms. The molecule has 0 atom stereocenters. The lowest BCUT2D eigenvalue weighted by Gasteiger charge is -2.06. The van der Waals surface area contributed by atoms with Crippen LogP contribution in [-0.4, -0.2) is 42.2 Å². The van der Waals surface area contributed by atoms with E-state index >= 15 is 0 Å². The Hall–Kier alpha value is -2.57. The van der Waals surface area contributed by atoms with Crippen LogP contribution in [-0.2, 0) is 4.74 Å². The number of carbonyl (C=O) groups is 2. The molecule has 0 aliphatic heterocycles.